The molecule has 1 saturated heterocycles. The predicted molar refractivity (Wildman–Crippen MR) is 98.0 cm³/mol. The van der Waals surface area contributed by atoms with Crippen LogP contribution in [0.4, 0.5) is 5.69 Å². The van der Waals surface area contributed by atoms with Crippen LogP contribution in [0.25, 0.3) is 0 Å². The van der Waals surface area contributed by atoms with Crippen molar-refractivity contribution >= 4 is 31.6 Å². The van der Waals surface area contributed by atoms with Crippen LogP contribution >= 0.6 is 15.9 Å². The van der Waals surface area contributed by atoms with E-state index in [0.717, 1.165) is 15.7 Å². The lowest BCUT2D eigenvalue weighted by Gasteiger charge is -2.35. The zero-order valence-corrected chi connectivity index (χ0v) is 15.7. The Hall–Kier alpha value is -1.57. The molecular formula is C17H19BrN2O3S. The number of phenolic OH excluding ortho intramolecular Hbond substituents is 1. The summed E-state index contributed by atoms with van der Waals surface area (Å²) < 4.78 is 28.0. The van der Waals surface area contributed by atoms with Gasteiger partial charge in [-0.05, 0) is 55.0 Å². The summed E-state index contributed by atoms with van der Waals surface area (Å²) in [5.41, 5.74) is 1.89. The zero-order chi connectivity index (χ0) is 17.3. The number of phenols is 1. The molecule has 0 aromatic heterocycles. The molecule has 1 heterocycles. The maximum absolute atomic E-state index is 12.8. The number of hydrogen-bond acceptors (Lipinski definition) is 4. The third kappa shape index (κ3) is 3.43. The van der Waals surface area contributed by atoms with Crippen molar-refractivity contribution in [1.82, 2.24) is 4.31 Å². The van der Waals surface area contributed by atoms with Gasteiger partial charge in [0.25, 0.3) is 0 Å². The summed E-state index contributed by atoms with van der Waals surface area (Å²) in [6, 6.07) is 12.1. The second kappa shape index (κ2) is 6.74. The number of benzene rings is 2. The minimum atomic E-state index is -3.47. The standard InChI is InChI=1S/C17H19BrN2O3S/c1-13-12-16(6-7-17(13)18)24(22,23)20-10-8-19(9-11-20)14-2-4-15(21)5-3-14/h2-7,12,21H,8-11H2,1H3. The van der Waals surface area contributed by atoms with E-state index in [-0.39, 0.29) is 5.75 Å². The molecule has 0 amide bonds. The van der Waals surface area contributed by atoms with Gasteiger partial charge >= 0.3 is 0 Å². The molecule has 1 aliphatic rings. The zero-order valence-electron chi connectivity index (χ0n) is 13.3. The first kappa shape index (κ1) is 17.3. The number of aryl methyl sites for hydroxylation is 1. The third-order valence-corrected chi connectivity index (χ3v) is 7.01. The van der Waals surface area contributed by atoms with E-state index in [1.54, 1.807) is 30.3 Å². The third-order valence-electron chi connectivity index (χ3n) is 4.22. The average Bonchev–Trinajstić information content (AvgIpc) is 2.58. The largest absolute Gasteiger partial charge is 0.508 e. The molecule has 0 aliphatic carbocycles. The normalized spacial score (nSPS) is 16.3. The van der Waals surface area contributed by atoms with Crippen LogP contribution in [0.5, 0.6) is 5.75 Å². The highest BCUT2D eigenvalue weighted by Crippen LogP contribution is 2.25. The maximum Gasteiger partial charge on any atom is 0.243 e. The van der Waals surface area contributed by atoms with Gasteiger partial charge in [-0.15, -0.1) is 0 Å². The average molecular weight is 411 g/mol. The number of nitrogens with zero attached hydrogens (tertiary/aromatic N) is 2. The van der Waals surface area contributed by atoms with Crippen molar-refractivity contribution in [1.29, 1.82) is 0 Å². The van der Waals surface area contributed by atoms with Gasteiger partial charge in [-0.25, -0.2) is 8.42 Å². The Labute approximate surface area is 150 Å². The molecule has 1 fully saturated rings. The second-order valence-corrected chi connectivity index (χ2v) is 8.61. The van der Waals surface area contributed by atoms with Crippen molar-refractivity contribution in [3.8, 4) is 5.75 Å². The van der Waals surface area contributed by atoms with Crippen molar-refractivity contribution < 1.29 is 13.5 Å². The lowest BCUT2D eigenvalue weighted by molar-refractivity contribution is 0.385. The summed E-state index contributed by atoms with van der Waals surface area (Å²) in [5.74, 6) is 0.227. The van der Waals surface area contributed by atoms with E-state index in [2.05, 4.69) is 20.8 Å². The molecule has 2 aromatic carbocycles. The van der Waals surface area contributed by atoms with Crippen LogP contribution in [-0.2, 0) is 10.0 Å². The van der Waals surface area contributed by atoms with Crippen LogP contribution in [0.3, 0.4) is 0 Å². The summed E-state index contributed by atoms with van der Waals surface area (Å²) in [6.07, 6.45) is 0. The summed E-state index contributed by atoms with van der Waals surface area (Å²) in [6.45, 7) is 4.02. The fourth-order valence-electron chi connectivity index (χ4n) is 2.78. The molecule has 24 heavy (non-hydrogen) atoms. The Bertz CT molecular complexity index is 829. The molecule has 0 spiro atoms. The molecule has 0 bridgehead atoms. The molecular weight excluding hydrogens is 392 g/mol. The highest BCUT2D eigenvalue weighted by Gasteiger charge is 2.28. The van der Waals surface area contributed by atoms with E-state index in [1.165, 1.54) is 4.31 Å². The fourth-order valence-corrected chi connectivity index (χ4v) is 4.53. The maximum atomic E-state index is 12.8. The van der Waals surface area contributed by atoms with Crippen LogP contribution < -0.4 is 4.90 Å². The fraction of sp³-hybridized carbons (Fsp3) is 0.294. The molecule has 0 atom stereocenters. The lowest BCUT2D eigenvalue weighted by atomic mass is 10.2. The van der Waals surface area contributed by atoms with Gasteiger partial charge in [-0.2, -0.15) is 4.31 Å². The van der Waals surface area contributed by atoms with Crippen LogP contribution in [-0.4, -0.2) is 44.0 Å². The number of halogens is 1. The minimum Gasteiger partial charge on any atom is -0.508 e. The molecule has 1 N–H and O–H groups in total. The van der Waals surface area contributed by atoms with Gasteiger partial charge in [0.1, 0.15) is 5.75 Å². The highest BCUT2D eigenvalue weighted by atomic mass is 79.9. The quantitative estimate of drug-likeness (QED) is 0.844. The Kier molecular flexibility index (Phi) is 4.85. The summed E-state index contributed by atoms with van der Waals surface area (Å²) in [7, 11) is -3.47. The van der Waals surface area contributed by atoms with Crippen molar-refractivity contribution in [2.45, 2.75) is 11.8 Å². The number of hydrogen-bond donors (Lipinski definition) is 1. The molecule has 0 unspecified atom stereocenters. The number of aromatic hydroxyl groups is 1. The summed E-state index contributed by atoms with van der Waals surface area (Å²) in [5, 5.41) is 9.36. The Morgan fingerprint density at radius 1 is 1.00 bits per heavy atom. The van der Waals surface area contributed by atoms with Gasteiger partial charge in [0.2, 0.25) is 10.0 Å². The molecule has 2 aromatic rings. The number of sulfonamides is 1. The first-order valence-electron chi connectivity index (χ1n) is 7.68. The van der Waals surface area contributed by atoms with Crippen LogP contribution in [0, 0.1) is 6.92 Å². The van der Waals surface area contributed by atoms with Gasteiger partial charge in [0, 0.05) is 36.3 Å². The summed E-state index contributed by atoms with van der Waals surface area (Å²) >= 11 is 3.40. The number of anilines is 1. The molecule has 0 radical (unpaired) electrons. The van der Waals surface area contributed by atoms with E-state index in [4.69, 9.17) is 0 Å². The highest BCUT2D eigenvalue weighted by molar-refractivity contribution is 9.10. The topological polar surface area (TPSA) is 60.9 Å². The molecule has 1 aliphatic heterocycles. The van der Waals surface area contributed by atoms with Crippen LogP contribution in [0.1, 0.15) is 5.56 Å². The Morgan fingerprint density at radius 3 is 2.21 bits per heavy atom. The number of rotatable bonds is 3. The van der Waals surface area contributed by atoms with Gasteiger partial charge in [-0.1, -0.05) is 15.9 Å². The van der Waals surface area contributed by atoms with E-state index >= 15 is 0 Å². The van der Waals surface area contributed by atoms with Gasteiger partial charge in [-0.3, -0.25) is 0 Å². The van der Waals surface area contributed by atoms with E-state index in [1.807, 2.05) is 19.1 Å². The first-order valence-corrected chi connectivity index (χ1v) is 9.91. The van der Waals surface area contributed by atoms with E-state index in [0.29, 0.717) is 31.1 Å². The number of piperazine rings is 1. The van der Waals surface area contributed by atoms with Crippen molar-refractivity contribution in [2.24, 2.45) is 0 Å². The molecule has 7 heteroatoms. The first-order chi connectivity index (χ1) is 11.4. The van der Waals surface area contributed by atoms with Gasteiger partial charge in [0.15, 0.2) is 0 Å². The van der Waals surface area contributed by atoms with Gasteiger partial charge < -0.3 is 10.0 Å². The second-order valence-electron chi connectivity index (χ2n) is 5.82. The van der Waals surface area contributed by atoms with Crippen molar-refractivity contribution in [3.05, 3.63) is 52.5 Å². The van der Waals surface area contributed by atoms with E-state index < -0.39 is 10.0 Å². The molecule has 0 saturated carbocycles. The Balaban J connectivity index is 1.73. The van der Waals surface area contributed by atoms with Crippen LogP contribution in [0.2, 0.25) is 0 Å². The summed E-state index contributed by atoms with van der Waals surface area (Å²) in [4.78, 5) is 2.46. The van der Waals surface area contributed by atoms with Gasteiger partial charge in [0.05, 0.1) is 4.90 Å². The van der Waals surface area contributed by atoms with Crippen molar-refractivity contribution in [3.63, 3.8) is 0 Å². The molecule has 3 rings (SSSR count). The van der Waals surface area contributed by atoms with Crippen molar-refractivity contribution in [2.75, 3.05) is 31.1 Å². The predicted octanol–water partition coefficient (Wildman–Crippen LogP) is 2.97. The molecule has 5 nitrogen and oxygen atoms in total. The smallest absolute Gasteiger partial charge is 0.243 e. The Morgan fingerprint density at radius 2 is 1.62 bits per heavy atom. The lowest BCUT2D eigenvalue weighted by Crippen LogP contribution is -2.48. The molecule has 128 valence electrons. The monoisotopic (exact) mass is 410 g/mol. The minimum absolute atomic E-state index is 0.227. The van der Waals surface area contributed by atoms with Crippen LogP contribution in [0.15, 0.2) is 51.8 Å². The SMILES string of the molecule is Cc1cc(S(=O)(=O)N2CCN(c3ccc(O)cc3)CC2)ccc1Br. The van der Waals surface area contributed by atoms with E-state index in [9.17, 15) is 13.5 Å².